The number of carbonyl (C=O) groups is 1. The van der Waals surface area contributed by atoms with Crippen molar-refractivity contribution in [1.29, 1.82) is 0 Å². The molecule has 2 aromatic carbocycles. The number of aryl methyl sites for hydroxylation is 2. The minimum absolute atomic E-state index is 0.156. The minimum Gasteiger partial charge on any atom is -0.358 e. The molecule has 10 heteroatoms. The summed E-state index contributed by atoms with van der Waals surface area (Å²) in [5.74, 6) is -0.296. The Balaban J connectivity index is 1.73. The van der Waals surface area contributed by atoms with Crippen LogP contribution < -0.4 is 5.32 Å². The largest absolute Gasteiger partial charge is 0.416 e. The number of hydrogen-bond donors (Lipinski definition) is 1. The van der Waals surface area contributed by atoms with Crippen molar-refractivity contribution >= 4 is 17.5 Å². The Bertz CT molecular complexity index is 1230. The molecule has 36 heavy (non-hydrogen) atoms. The number of carbonyl (C=O) groups excluding carboxylic acids is 1. The highest BCUT2D eigenvalue weighted by Gasteiger charge is 2.39. The molecule has 2 heterocycles. The summed E-state index contributed by atoms with van der Waals surface area (Å²) in [6.45, 7) is 3.06. The van der Waals surface area contributed by atoms with Crippen LogP contribution in [0, 0.1) is 5.82 Å². The third kappa shape index (κ3) is 5.13. The van der Waals surface area contributed by atoms with Crippen LogP contribution in [0.1, 0.15) is 53.6 Å². The molecule has 2 atom stereocenters. The van der Waals surface area contributed by atoms with Crippen molar-refractivity contribution in [3.05, 3.63) is 87.7 Å². The first-order valence-electron chi connectivity index (χ1n) is 11.8. The second kappa shape index (κ2) is 10.6. The lowest BCUT2D eigenvalue weighted by Crippen LogP contribution is -2.46. The van der Waals surface area contributed by atoms with Gasteiger partial charge in [0, 0.05) is 26.6 Å². The number of aromatic nitrogens is 2. The van der Waals surface area contributed by atoms with Gasteiger partial charge in [-0.2, -0.15) is 13.2 Å². The van der Waals surface area contributed by atoms with Crippen molar-refractivity contribution in [3.8, 4) is 0 Å². The zero-order chi connectivity index (χ0) is 26.0. The maximum absolute atomic E-state index is 14.7. The van der Waals surface area contributed by atoms with Gasteiger partial charge in [-0.05, 0) is 36.1 Å². The first kappa shape index (κ1) is 26.2. The highest BCUT2D eigenvalue weighted by molar-refractivity contribution is 6.30. The van der Waals surface area contributed by atoms with Crippen molar-refractivity contribution < 1.29 is 22.4 Å². The molecule has 0 saturated carbocycles. The van der Waals surface area contributed by atoms with Gasteiger partial charge < -0.3 is 9.88 Å². The first-order chi connectivity index (χ1) is 17.2. The molecule has 1 N–H and O–H groups in total. The van der Waals surface area contributed by atoms with E-state index in [1.54, 1.807) is 7.05 Å². The van der Waals surface area contributed by atoms with Crippen LogP contribution in [-0.2, 0) is 30.4 Å². The lowest BCUT2D eigenvalue weighted by Gasteiger charge is -2.41. The molecule has 3 aromatic rings. The molecule has 0 bridgehead atoms. The van der Waals surface area contributed by atoms with Crippen LogP contribution in [0.5, 0.6) is 0 Å². The number of benzene rings is 2. The third-order valence-electron chi connectivity index (χ3n) is 6.66. The summed E-state index contributed by atoms with van der Waals surface area (Å²) in [6, 6.07) is 10.9. The molecule has 0 unspecified atom stereocenters. The van der Waals surface area contributed by atoms with Gasteiger partial charge in [-0.25, -0.2) is 9.37 Å². The van der Waals surface area contributed by atoms with Crippen molar-refractivity contribution in [1.82, 2.24) is 19.8 Å². The number of amides is 1. The molecule has 1 aliphatic heterocycles. The zero-order valence-electron chi connectivity index (χ0n) is 19.9. The topological polar surface area (TPSA) is 50.2 Å². The van der Waals surface area contributed by atoms with Crippen molar-refractivity contribution in [2.45, 2.75) is 51.0 Å². The van der Waals surface area contributed by atoms with Gasteiger partial charge in [0.25, 0.3) is 0 Å². The summed E-state index contributed by atoms with van der Waals surface area (Å²) in [5.41, 5.74) is 0.669. The summed E-state index contributed by atoms with van der Waals surface area (Å²) in [4.78, 5) is 19.6. The molecule has 0 aliphatic carbocycles. The molecular weight excluding hydrogens is 496 g/mol. The molecule has 192 valence electrons. The summed E-state index contributed by atoms with van der Waals surface area (Å²) in [5, 5.41) is 3.05. The summed E-state index contributed by atoms with van der Waals surface area (Å²) in [6.07, 6.45) is -3.47. The Kier molecular flexibility index (Phi) is 7.70. The SMILES string of the molecule is CCc1nc(Cl)c2n1CCN([C@@H](C(=O)NC)c1ccccc1)[C@@H]2CCc1ccc(C(F)(F)F)cc1F. The van der Waals surface area contributed by atoms with Crippen LogP contribution >= 0.6 is 11.6 Å². The molecule has 1 aliphatic rings. The van der Waals surface area contributed by atoms with E-state index in [0.717, 1.165) is 23.1 Å². The van der Waals surface area contributed by atoms with Gasteiger partial charge in [-0.1, -0.05) is 54.9 Å². The molecule has 0 saturated heterocycles. The monoisotopic (exact) mass is 522 g/mol. The zero-order valence-corrected chi connectivity index (χ0v) is 20.7. The van der Waals surface area contributed by atoms with Gasteiger partial charge in [0.1, 0.15) is 17.7 Å². The smallest absolute Gasteiger partial charge is 0.358 e. The number of halogens is 5. The number of hydrogen-bond acceptors (Lipinski definition) is 3. The Morgan fingerprint density at radius 2 is 1.92 bits per heavy atom. The predicted molar refractivity (Wildman–Crippen MR) is 129 cm³/mol. The van der Waals surface area contributed by atoms with E-state index in [4.69, 9.17) is 11.6 Å². The van der Waals surface area contributed by atoms with Crippen LogP contribution in [0.4, 0.5) is 17.6 Å². The van der Waals surface area contributed by atoms with Crippen LogP contribution in [0.25, 0.3) is 0 Å². The van der Waals surface area contributed by atoms with Gasteiger partial charge in [0.05, 0.1) is 17.3 Å². The summed E-state index contributed by atoms with van der Waals surface area (Å²) in [7, 11) is 1.57. The van der Waals surface area contributed by atoms with Crippen molar-refractivity contribution in [2.24, 2.45) is 0 Å². The molecule has 0 fully saturated rings. The first-order valence-corrected chi connectivity index (χ1v) is 12.2. The van der Waals surface area contributed by atoms with E-state index < -0.39 is 29.6 Å². The lowest BCUT2D eigenvalue weighted by molar-refractivity contribution is -0.137. The Hall–Kier alpha value is -2.91. The molecule has 1 aromatic heterocycles. The quantitative estimate of drug-likeness (QED) is 0.403. The van der Waals surface area contributed by atoms with E-state index in [2.05, 4.69) is 10.3 Å². The third-order valence-corrected chi connectivity index (χ3v) is 6.94. The van der Waals surface area contributed by atoms with E-state index in [0.29, 0.717) is 37.2 Å². The number of nitrogens with one attached hydrogen (secondary N) is 1. The minimum atomic E-state index is -4.62. The van der Waals surface area contributed by atoms with E-state index in [-0.39, 0.29) is 17.9 Å². The maximum Gasteiger partial charge on any atom is 0.416 e. The average molecular weight is 523 g/mol. The Morgan fingerprint density at radius 3 is 2.53 bits per heavy atom. The second-order valence-electron chi connectivity index (χ2n) is 8.73. The number of rotatable bonds is 7. The second-order valence-corrected chi connectivity index (χ2v) is 9.09. The van der Waals surface area contributed by atoms with Gasteiger partial charge in [0.15, 0.2) is 5.15 Å². The molecule has 0 spiro atoms. The number of imidazole rings is 1. The van der Waals surface area contributed by atoms with E-state index >= 15 is 0 Å². The number of likely N-dealkylation sites (N-methyl/N-ethyl adjacent to an activating group) is 1. The van der Waals surface area contributed by atoms with Crippen LogP contribution in [0.2, 0.25) is 5.15 Å². The highest BCUT2D eigenvalue weighted by Crippen LogP contribution is 2.41. The van der Waals surface area contributed by atoms with Gasteiger partial charge in [0.2, 0.25) is 5.91 Å². The fraction of sp³-hybridized carbons (Fsp3) is 0.385. The van der Waals surface area contributed by atoms with Gasteiger partial charge in [-0.3, -0.25) is 9.69 Å². The summed E-state index contributed by atoms with van der Waals surface area (Å²) >= 11 is 6.59. The van der Waals surface area contributed by atoms with Crippen LogP contribution in [0.15, 0.2) is 48.5 Å². The van der Waals surface area contributed by atoms with Crippen LogP contribution in [0.3, 0.4) is 0 Å². The number of alkyl halides is 3. The predicted octanol–water partition coefficient (Wildman–Crippen LogP) is 5.73. The molecule has 5 nitrogen and oxygen atoms in total. The fourth-order valence-corrected chi connectivity index (χ4v) is 5.27. The van der Waals surface area contributed by atoms with Gasteiger partial charge >= 0.3 is 6.18 Å². The highest BCUT2D eigenvalue weighted by atomic mass is 35.5. The van der Waals surface area contributed by atoms with E-state index in [9.17, 15) is 22.4 Å². The Morgan fingerprint density at radius 1 is 1.19 bits per heavy atom. The normalized spacial score (nSPS) is 17.0. The lowest BCUT2D eigenvalue weighted by atomic mass is 9.95. The van der Waals surface area contributed by atoms with Crippen molar-refractivity contribution in [2.75, 3.05) is 13.6 Å². The number of nitrogens with zero attached hydrogens (tertiary/aromatic N) is 3. The number of fused-ring (bicyclic) bond motifs is 1. The van der Waals surface area contributed by atoms with Gasteiger partial charge in [-0.15, -0.1) is 0 Å². The molecule has 1 amide bonds. The van der Waals surface area contributed by atoms with E-state index in [1.165, 1.54) is 6.07 Å². The average Bonchev–Trinajstić information content (AvgIpc) is 3.19. The maximum atomic E-state index is 14.7. The van der Waals surface area contributed by atoms with Crippen LogP contribution in [-0.4, -0.2) is 34.0 Å². The van der Waals surface area contributed by atoms with E-state index in [1.807, 2.05) is 46.7 Å². The van der Waals surface area contributed by atoms with Crippen molar-refractivity contribution in [3.63, 3.8) is 0 Å². The molecule has 4 rings (SSSR count). The Labute approximate surface area is 212 Å². The summed E-state index contributed by atoms with van der Waals surface area (Å²) < 4.78 is 55.7. The standard InChI is InChI=1S/C26H27ClF4N4O/c1-3-21-33-24(27)23-20(12-10-16-9-11-18(15-19(16)28)26(29,30)31)34(13-14-35(21)23)22(25(36)32-2)17-7-5-4-6-8-17/h4-9,11,15,20,22H,3,10,12-14H2,1-2H3,(H,32,36)/t20-,22-/m1/s1. The molecular formula is C26H27ClF4N4O. The fourth-order valence-electron chi connectivity index (χ4n) is 4.94. The molecule has 0 radical (unpaired) electrons.